The molecule has 2 aromatic rings. The SMILES string of the molecule is COc1cc(C(=O)O)ccc1CCNC(=O)c1cc(C(C)C)on1. The number of carboxylic acid groups (broad SMARTS) is 1. The van der Waals surface area contributed by atoms with Gasteiger partial charge in [-0.25, -0.2) is 4.79 Å². The minimum Gasteiger partial charge on any atom is -0.496 e. The summed E-state index contributed by atoms with van der Waals surface area (Å²) < 4.78 is 10.3. The van der Waals surface area contributed by atoms with Gasteiger partial charge in [0.2, 0.25) is 0 Å². The van der Waals surface area contributed by atoms with E-state index in [9.17, 15) is 9.59 Å². The van der Waals surface area contributed by atoms with E-state index in [1.165, 1.54) is 19.2 Å². The van der Waals surface area contributed by atoms with Crippen molar-refractivity contribution < 1.29 is 24.0 Å². The summed E-state index contributed by atoms with van der Waals surface area (Å²) in [7, 11) is 1.48. The molecule has 1 amide bonds. The molecule has 0 aliphatic rings. The van der Waals surface area contributed by atoms with E-state index in [1.54, 1.807) is 12.1 Å². The Morgan fingerprint density at radius 1 is 1.33 bits per heavy atom. The second-order valence-corrected chi connectivity index (χ2v) is 5.61. The Hall–Kier alpha value is -2.83. The predicted octanol–water partition coefficient (Wildman–Crippen LogP) is 2.48. The summed E-state index contributed by atoms with van der Waals surface area (Å²) in [5.41, 5.74) is 1.21. The number of ether oxygens (including phenoxy) is 1. The van der Waals surface area contributed by atoms with Crippen LogP contribution < -0.4 is 10.1 Å². The maximum absolute atomic E-state index is 12.0. The Labute approximate surface area is 139 Å². The number of nitrogens with zero attached hydrogens (tertiary/aromatic N) is 1. The van der Waals surface area contributed by atoms with Crippen LogP contribution in [0.2, 0.25) is 0 Å². The van der Waals surface area contributed by atoms with Gasteiger partial charge in [-0.3, -0.25) is 4.79 Å². The van der Waals surface area contributed by atoms with Gasteiger partial charge >= 0.3 is 5.97 Å². The zero-order valence-corrected chi connectivity index (χ0v) is 13.8. The number of hydrogen-bond acceptors (Lipinski definition) is 5. The van der Waals surface area contributed by atoms with Crippen molar-refractivity contribution in [2.24, 2.45) is 0 Å². The van der Waals surface area contributed by atoms with Gasteiger partial charge in [-0.05, 0) is 24.1 Å². The molecule has 1 heterocycles. The molecule has 1 aromatic heterocycles. The number of aromatic nitrogens is 1. The molecular weight excluding hydrogens is 312 g/mol. The number of rotatable bonds is 7. The van der Waals surface area contributed by atoms with E-state index >= 15 is 0 Å². The lowest BCUT2D eigenvalue weighted by atomic mass is 10.1. The largest absolute Gasteiger partial charge is 0.496 e. The quantitative estimate of drug-likeness (QED) is 0.807. The Morgan fingerprint density at radius 2 is 2.08 bits per heavy atom. The summed E-state index contributed by atoms with van der Waals surface area (Å²) in [5.74, 6) is -0.0262. The maximum Gasteiger partial charge on any atom is 0.335 e. The summed E-state index contributed by atoms with van der Waals surface area (Å²) in [6, 6.07) is 6.28. The standard InChI is InChI=1S/C17H20N2O5/c1-10(2)14-9-13(19-24-14)16(20)18-7-6-11-4-5-12(17(21)22)8-15(11)23-3/h4-5,8-10H,6-7H2,1-3H3,(H,18,20)(H,21,22). The number of carbonyl (C=O) groups is 2. The van der Waals surface area contributed by atoms with Crippen LogP contribution in [0.15, 0.2) is 28.8 Å². The number of hydrogen-bond donors (Lipinski definition) is 2. The Balaban J connectivity index is 1.95. The maximum atomic E-state index is 12.0. The number of carbonyl (C=O) groups excluding carboxylic acids is 1. The van der Waals surface area contributed by atoms with Gasteiger partial charge in [0.05, 0.1) is 12.7 Å². The molecule has 0 spiro atoms. The van der Waals surface area contributed by atoms with Crippen molar-refractivity contribution in [1.82, 2.24) is 10.5 Å². The zero-order chi connectivity index (χ0) is 17.7. The molecule has 0 bridgehead atoms. The van der Waals surface area contributed by atoms with Crippen molar-refractivity contribution >= 4 is 11.9 Å². The highest BCUT2D eigenvalue weighted by Crippen LogP contribution is 2.21. The summed E-state index contributed by atoms with van der Waals surface area (Å²) in [6.07, 6.45) is 0.504. The Bertz CT molecular complexity index is 736. The molecule has 0 saturated heterocycles. The average Bonchev–Trinajstić information content (AvgIpc) is 3.05. The molecule has 0 aliphatic heterocycles. The number of benzene rings is 1. The van der Waals surface area contributed by atoms with Crippen molar-refractivity contribution in [2.45, 2.75) is 26.2 Å². The van der Waals surface area contributed by atoms with E-state index in [2.05, 4.69) is 10.5 Å². The fourth-order valence-electron chi connectivity index (χ4n) is 2.15. The monoisotopic (exact) mass is 332 g/mol. The van der Waals surface area contributed by atoms with E-state index in [-0.39, 0.29) is 23.1 Å². The van der Waals surface area contributed by atoms with Crippen LogP contribution >= 0.6 is 0 Å². The lowest BCUT2D eigenvalue weighted by Gasteiger charge is -2.09. The number of aromatic carboxylic acids is 1. The smallest absolute Gasteiger partial charge is 0.335 e. The van der Waals surface area contributed by atoms with Crippen molar-refractivity contribution in [2.75, 3.05) is 13.7 Å². The lowest BCUT2D eigenvalue weighted by molar-refractivity contribution is 0.0696. The first-order valence-electron chi connectivity index (χ1n) is 7.57. The van der Waals surface area contributed by atoms with Crippen LogP contribution in [-0.4, -0.2) is 35.8 Å². The van der Waals surface area contributed by atoms with Gasteiger partial charge in [0, 0.05) is 18.5 Å². The second kappa shape index (κ2) is 7.63. The van der Waals surface area contributed by atoms with Gasteiger partial charge in [0.15, 0.2) is 5.69 Å². The first-order valence-corrected chi connectivity index (χ1v) is 7.57. The average molecular weight is 332 g/mol. The Morgan fingerprint density at radius 3 is 2.67 bits per heavy atom. The number of amides is 1. The van der Waals surface area contributed by atoms with E-state index in [1.807, 2.05) is 13.8 Å². The second-order valence-electron chi connectivity index (χ2n) is 5.61. The van der Waals surface area contributed by atoms with Crippen molar-refractivity contribution in [3.63, 3.8) is 0 Å². The van der Waals surface area contributed by atoms with Crippen LogP contribution in [0.4, 0.5) is 0 Å². The van der Waals surface area contributed by atoms with Crippen LogP contribution in [0.1, 0.15) is 51.9 Å². The molecule has 0 aliphatic carbocycles. The fourth-order valence-corrected chi connectivity index (χ4v) is 2.15. The minimum absolute atomic E-state index is 0.156. The van der Waals surface area contributed by atoms with E-state index in [0.29, 0.717) is 24.5 Å². The van der Waals surface area contributed by atoms with Crippen LogP contribution in [0, 0.1) is 0 Å². The van der Waals surface area contributed by atoms with Crippen molar-refractivity contribution in [1.29, 1.82) is 0 Å². The number of nitrogens with one attached hydrogen (secondary N) is 1. The highest BCUT2D eigenvalue weighted by molar-refractivity contribution is 5.92. The third kappa shape index (κ3) is 4.13. The lowest BCUT2D eigenvalue weighted by Crippen LogP contribution is -2.26. The fraction of sp³-hybridized carbons (Fsp3) is 0.353. The van der Waals surface area contributed by atoms with Crippen LogP contribution in [-0.2, 0) is 6.42 Å². The topological polar surface area (TPSA) is 102 Å². The van der Waals surface area contributed by atoms with Crippen LogP contribution in [0.25, 0.3) is 0 Å². The van der Waals surface area contributed by atoms with Gasteiger partial charge < -0.3 is 19.7 Å². The molecule has 128 valence electrons. The summed E-state index contributed by atoms with van der Waals surface area (Å²) in [5, 5.41) is 15.5. The highest BCUT2D eigenvalue weighted by atomic mass is 16.5. The highest BCUT2D eigenvalue weighted by Gasteiger charge is 2.14. The molecule has 0 unspecified atom stereocenters. The van der Waals surface area contributed by atoms with Gasteiger partial charge in [0.25, 0.3) is 5.91 Å². The molecule has 7 heteroatoms. The molecule has 0 fully saturated rings. The van der Waals surface area contributed by atoms with E-state index in [4.69, 9.17) is 14.4 Å². The molecular formula is C17H20N2O5. The van der Waals surface area contributed by atoms with Crippen molar-refractivity contribution in [3.8, 4) is 5.75 Å². The third-order valence-electron chi connectivity index (χ3n) is 3.54. The number of carboxylic acids is 1. The summed E-state index contributed by atoms with van der Waals surface area (Å²) in [6.45, 7) is 4.27. The molecule has 0 atom stereocenters. The summed E-state index contributed by atoms with van der Waals surface area (Å²) in [4.78, 5) is 23.0. The third-order valence-corrected chi connectivity index (χ3v) is 3.54. The normalized spacial score (nSPS) is 10.7. The molecule has 7 nitrogen and oxygen atoms in total. The van der Waals surface area contributed by atoms with Gasteiger partial charge in [-0.2, -0.15) is 0 Å². The predicted molar refractivity (Wildman–Crippen MR) is 86.6 cm³/mol. The Kier molecular flexibility index (Phi) is 5.57. The zero-order valence-electron chi connectivity index (χ0n) is 13.8. The summed E-state index contributed by atoms with van der Waals surface area (Å²) >= 11 is 0. The molecule has 24 heavy (non-hydrogen) atoms. The van der Waals surface area contributed by atoms with Crippen LogP contribution in [0.5, 0.6) is 5.75 Å². The van der Waals surface area contributed by atoms with Crippen LogP contribution in [0.3, 0.4) is 0 Å². The first-order chi connectivity index (χ1) is 11.4. The van der Waals surface area contributed by atoms with E-state index in [0.717, 1.165) is 5.56 Å². The molecule has 0 radical (unpaired) electrons. The molecule has 2 rings (SSSR count). The van der Waals surface area contributed by atoms with Crippen molar-refractivity contribution in [3.05, 3.63) is 46.8 Å². The number of methoxy groups -OCH3 is 1. The minimum atomic E-state index is -1.01. The van der Waals surface area contributed by atoms with E-state index < -0.39 is 5.97 Å². The van der Waals surface area contributed by atoms with Gasteiger partial charge in [0.1, 0.15) is 11.5 Å². The molecule has 1 aromatic carbocycles. The van der Waals surface area contributed by atoms with Gasteiger partial charge in [-0.1, -0.05) is 25.1 Å². The first kappa shape index (κ1) is 17.5. The molecule has 2 N–H and O–H groups in total. The molecule has 0 saturated carbocycles. The van der Waals surface area contributed by atoms with Gasteiger partial charge in [-0.15, -0.1) is 0 Å².